The van der Waals surface area contributed by atoms with Crippen LogP contribution in [0, 0.1) is 5.92 Å². The number of hydrogen-bond acceptors (Lipinski definition) is 2. The summed E-state index contributed by atoms with van der Waals surface area (Å²) < 4.78 is 5.55. The van der Waals surface area contributed by atoms with Gasteiger partial charge in [0.2, 0.25) is 0 Å². The van der Waals surface area contributed by atoms with E-state index >= 15 is 0 Å². The molecule has 0 saturated heterocycles. The molecule has 1 unspecified atom stereocenters. The summed E-state index contributed by atoms with van der Waals surface area (Å²) in [5.74, 6) is 0.727. The minimum atomic E-state index is -0.378. The van der Waals surface area contributed by atoms with E-state index in [4.69, 9.17) is 4.74 Å². The third kappa shape index (κ3) is 3.25. The van der Waals surface area contributed by atoms with Crippen molar-refractivity contribution in [1.29, 1.82) is 0 Å². The quantitative estimate of drug-likeness (QED) is 0.739. The average Bonchev–Trinajstić information content (AvgIpc) is 2.56. The molecular formula is C12H24O2. The molecule has 1 atom stereocenters. The molecule has 1 fully saturated rings. The van der Waals surface area contributed by atoms with Gasteiger partial charge in [0, 0.05) is 6.61 Å². The topological polar surface area (TPSA) is 29.5 Å². The van der Waals surface area contributed by atoms with Crippen LogP contribution >= 0.6 is 0 Å². The normalized spacial score (nSPS) is 21.4. The molecule has 1 rings (SSSR count). The molecule has 0 bridgehead atoms. The van der Waals surface area contributed by atoms with Crippen LogP contribution in [0.4, 0.5) is 0 Å². The molecule has 1 aliphatic carbocycles. The predicted octanol–water partition coefficient (Wildman–Crippen LogP) is 2.74. The van der Waals surface area contributed by atoms with Crippen molar-refractivity contribution < 1.29 is 9.84 Å². The lowest BCUT2D eigenvalue weighted by Gasteiger charge is -2.31. The molecule has 0 aliphatic heterocycles. The first-order valence-corrected chi connectivity index (χ1v) is 5.88. The van der Waals surface area contributed by atoms with Gasteiger partial charge in [-0.1, -0.05) is 25.7 Å². The van der Waals surface area contributed by atoms with E-state index in [9.17, 15) is 5.11 Å². The highest BCUT2D eigenvalue weighted by molar-refractivity contribution is 4.82. The van der Waals surface area contributed by atoms with E-state index in [0.717, 1.165) is 12.3 Å². The third-order valence-electron chi connectivity index (χ3n) is 3.35. The van der Waals surface area contributed by atoms with Crippen LogP contribution in [-0.2, 0) is 4.74 Å². The zero-order chi connectivity index (χ0) is 10.6. The molecule has 84 valence electrons. The molecule has 2 nitrogen and oxygen atoms in total. The van der Waals surface area contributed by atoms with Gasteiger partial charge in [-0.15, -0.1) is 0 Å². The standard InChI is InChI=1S/C12H24O2/c1-4-14-12(2,3)11(13)9-10-7-5-6-8-10/h10-11,13H,4-9H2,1-3H3. The molecule has 0 aromatic heterocycles. The lowest BCUT2D eigenvalue weighted by molar-refractivity contribution is -0.103. The van der Waals surface area contributed by atoms with Crippen LogP contribution in [0.25, 0.3) is 0 Å². The van der Waals surface area contributed by atoms with Crippen LogP contribution in [0.3, 0.4) is 0 Å². The van der Waals surface area contributed by atoms with Crippen molar-refractivity contribution in [3.8, 4) is 0 Å². The van der Waals surface area contributed by atoms with Crippen LogP contribution in [-0.4, -0.2) is 23.4 Å². The second-order valence-corrected chi connectivity index (χ2v) is 4.94. The second-order valence-electron chi connectivity index (χ2n) is 4.94. The molecule has 0 radical (unpaired) electrons. The Hall–Kier alpha value is -0.0800. The fourth-order valence-corrected chi connectivity index (χ4v) is 2.31. The molecule has 0 spiro atoms. The van der Waals surface area contributed by atoms with Gasteiger partial charge >= 0.3 is 0 Å². The summed E-state index contributed by atoms with van der Waals surface area (Å²) in [5.41, 5.74) is -0.378. The van der Waals surface area contributed by atoms with Gasteiger partial charge in [-0.05, 0) is 33.1 Å². The molecule has 0 amide bonds. The van der Waals surface area contributed by atoms with Crippen LogP contribution in [0.2, 0.25) is 0 Å². The van der Waals surface area contributed by atoms with Crippen molar-refractivity contribution in [3.63, 3.8) is 0 Å². The van der Waals surface area contributed by atoms with Gasteiger partial charge in [0.25, 0.3) is 0 Å². The van der Waals surface area contributed by atoms with E-state index < -0.39 is 0 Å². The second kappa shape index (κ2) is 5.13. The molecule has 1 aliphatic rings. The Balaban J connectivity index is 2.35. The van der Waals surface area contributed by atoms with Crippen LogP contribution in [0.15, 0.2) is 0 Å². The Morgan fingerprint density at radius 2 is 1.93 bits per heavy atom. The van der Waals surface area contributed by atoms with Crippen LogP contribution in [0.5, 0.6) is 0 Å². The van der Waals surface area contributed by atoms with Gasteiger partial charge in [-0.3, -0.25) is 0 Å². The Labute approximate surface area is 87.7 Å². The van der Waals surface area contributed by atoms with Gasteiger partial charge < -0.3 is 9.84 Å². The largest absolute Gasteiger partial charge is 0.390 e. The summed E-state index contributed by atoms with van der Waals surface area (Å²) in [4.78, 5) is 0. The van der Waals surface area contributed by atoms with Gasteiger partial charge in [0.15, 0.2) is 0 Å². The van der Waals surface area contributed by atoms with Crippen LogP contribution in [0.1, 0.15) is 52.9 Å². The zero-order valence-corrected chi connectivity index (χ0v) is 9.75. The molecule has 14 heavy (non-hydrogen) atoms. The highest BCUT2D eigenvalue weighted by Gasteiger charge is 2.31. The molecule has 1 N–H and O–H groups in total. The highest BCUT2D eigenvalue weighted by Crippen LogP contribution is 2.31. The van der Waals surface area contributed by atoms with Gasteiger partial charge in [0.1, 0.15) is 0 Å². The summed E-state index contributed by atoms with van der Waals surface area (Å²) in [6.45, 7) is 6.62. The summed E-state index contributed by atoms with van der Waals surface area (Å²) in [6, 6.07) is 0. The lowest BCUT2D eigenvalue weighted by atomic mass is 9.91. The number of rotatable bonds is 5. The van der Waals surface area contributed by atoms with Crippen molar-refractivity contribution in [1.82, 2.24) is 0 Å². The molecule has 0 aromatic rings. The minimum Gasteiger partial charge on any atom is -0.390 e. The van der Waals surface area contributed by atoms with E-state index in [1.54, 1.807) is 0 Å². The highest BCUT2D eigenvalue weighted by atomic mass is 16.5. The first kappa shape index (κ1) is 12.0. The van der Waals surface area contributed by atoms with E-state index in [2.05, 4.69) is 0 Å². The Bertz CT molecular complexity index is 160. The van der Waals surface area contributed by atoms with E-state index in [0.29, 0.717) is 6.61 Å². The van der Waals surface area contributed by atoms with Crippen molar-refractivity contribution >= 4 is 0 Å². The molecule has 0 heterocycles. The van der Waals surface area contributed by atoms with Crippen molar-refractivity contribution in [2.45, 2.75) is 64.6 Å². The number of aliphatic hydroxyl groups is 1. The van der Waals surface area contributed by atoms with Crippen LogP contribution < -0.4 is 0 Å². The molecular weight excluding hydrogens is 176 g/mol. The first-order valence-electron chi connectivity index (χ1n) is 5.88. The maximum Gasteiger partial charge on any atom is 0.0884 e. The van der Waals surface area contributed by atoms with Crippen molar-refractivity contribution in [3.05, 3.63) is 0 Å². The monoisotopic (exact) mass is 200 g/mol. The van der Waals surface area contributed by atoms with E-state index in [-0.39, 0.29) is 11.7 Å². The Kier molecular flexibility index (Phi) is 4.39. The summed E-state index contributed by atoms with van der Waals surface area (Å²) >= 11 is 0. The van der Waals surface area contributed by atoms with Gasteiger partial charge in [-0.25, -0.2) is 0 Å². The van der Waals surface area contributed by atoms with Crippen molar-refractivity contribution in [2.75, 3.05) is 6.61 Å². The molecule has 2 heteroatoms. The zero-order valence-electron chi connectivity index (χ0n) is 9.75. The van der Waals surface area contributed by atoms with E-state index in [1.807, 2.05) is 20.8 Å². The lowest BCUT2D eigenvalue weighted by Crippen LogP contribution is -2.40. The predicted molar refractivity (Wildman–Crippen MR) is 58.3 cm³/mol. The van der Waals surface area contributed by atoms with E-state index in [1.165, 1.54) is 25.7 Å². The first-order chi connectivity index (χ1) is 6.56. The Morgan fingerprint density at radius 1 is 1.36 bits per heavy atom. The smallest absolute Gasteiger partial charge is 0.0884 e. The number of aliphatic hydroxyl groups excluding tert-OH is 1. The summed E-state index contributed by atoms with van der Waals surface area (Å²) in [6.07, 6.45) is 5.86. The SMILES string of the molecule is CCOC(C)(C)C(O)CC1CCCC1. The number of hydrogen-bond donors (Lipinski definition) is 1. The maximum atomic E-state index is 10.0. The number of ether oxygens (including phenoxy) is 1. The van der Waals surface area contributed by atoms with Crippen molar-refractivity contribution in [2.24, 2.45) is 5.92 Å². The minimum absolute atomic E-state index is 0.314. The summed E-state index contributed by atoms with van der Waals surface area (Å²) in [5, 5.41) is 10.0. The van der Waals surface area contributed by atoms with Gasteiger partial charge in [0.05, 0.1) is 11.7 Å². The summed E-state index contributed by atoms with van der Waals surface area (Å²) in [7, 11) is 0. The maximum absolute atomic E-state index is 10.0. The third-order valence-corrected chi connectivity index (χ3v) is 3.35. The fourth-order valence-electron chi connectivity index (χ4n) is 2.31. The Morgan fingerprint density at radius 3 is 2.43 bits per heavy atom. The molecule has 1 saturated carbocycles. The average molecular weight is 200 g/mol. The molecule has 0 aromatic carbocycles. The van der Waals surface area contributed by atoms with Gasteiger partial charge in [-0.2, -0.15) is 0 Å². The fraction of sp³-hybridized carbons (Fsp3) is 1.00.